The van der Waals surface area contributed by atoms with E-state index in [1.807, 2.05) is 39.4 Å². The first-order chi connectivity index (χ1) is 27.4. The summed E-state index contributed by atoms with van der Waals surface area (Å²) in [4.78, 5) is 35.3. The number of carbonyl (C=O) groups excluding carboxylic acids is 2. The number of allylic oxidation sites excluding steroid dienone is 14. The lowest BCUT2D eigenvalue weighted by molar-refractivity contribution is -0.870. The molecule has 0 aromatic rings. The maximum atomic E-state index is 12.7. The van der Waals surface area contributed by atoms with E-state index in [1.165, 1.54) is 19.3 Å². The summed E-state index contributed by atoms with van der Waals surface area (Å²) in [7, 11) is 1.35. The Labute approximate surface area is 346 Å². The fourth-order valence-corrected chi connectivity index (χ4v) is 5.58. The zero-order valence-corrected chi connectivity index (χ0v) is 36.8. The molecule has 0 aliphatic carbocycles. The zero-order valence-electron chi connectivity index (χ0n) is 35.9. The van der Waals surface area contributed by atoms with Crippen molar-refractivity contribution in [1.29, 1.82) is 0 Å². The van der Waals surface area contributed by atoms with E-state index in [2.05, 4.69) is 80.7 Å². The predicted molar refractivity (Wildman–Crippen MR) is 234 cm³/mol. The molecule has 0 bridgehead atoms. The number of phosphoric acid groups is 1. The van der Waals surface area contributed by atoms with Crippen molar-refractivity contribution in [2.24, 2.45) is 0 Å². The van der Waals surface area contributed by atoms with E-state index in [-0.39, 0.29) is 26.1 Å². The van der Waals surface area contributed by atoms with E-state index in [9.17, 15) is 24.2 Å². The number of hydrogen-bond donors (Lipinski definition) is 2. The molecule has 0 aliphatic heterocycles. The summed E-state index contributed by atoms with van der Waals surface area (Å²) in [6.45, 7) is 4.02. The lowest BCUT2D eigenvalue weighted by Gasteiger charge is -2.24. The lowest BCUT2D eigenvalue weighted by Crippen LogP contribution is -2.37. The highest BCUT2D eigenvalue weighted by molar-refractivity contribution is 7.47. The Balaban J connectivity index is 4.66. The molecular formula is C46H77NO9P+. The van der Waals surface area contributed by atoms with Crippen LogP contribution in [0, 0.1) is 0 Å². The third-order valence-corrected chi connectivity index (χ3v) is 9.16. The number of aliphatic hydroxyl groups is 1. The van der Waals surface area contributed by atoms with Crippen LogP contribution in [0.25, 0.3) is 0 Å². The fourth-order valence-electron chi connectivity index (χ4n) is 4.84. The highest BCUT2D eigenvalue weighted by Gasteiger charge is 2.27. The van der Waals surface area contributed by atoms with Crippen LogP contribution in [0.15, 0.2) is 97.2 Å². The van der Waals surface area contributed by atoms with Crippen LogP contribution in [0.4, 0.5) is 0 Å². The maximum absolute atomic E-state index is 12.7. The zero-order chi connectivity index (χ0) is 42.3. The molecule has 324 valence electrons. The van der Waals surface area contributed by atoms with Gasteiger partial charge in [-0.05, 0) is 83.5 Å². The molecule has 10 nitrogen and oxygen atoms in total. The highest BCUT2D eigenvalue weighted by atomic mass is 31.2. The van der Waals surface area contributed by atoms with Gasteiger partial charge in [-0.25, -0.2) is 4.57 Å². The third-order valence-electron chi connectivity index (χ3n) is 8.18. The average molecular weight is 819 g/mol. The molecule has 0 aromatic heterocycles. The van der Waals surface area contributed by atoms with Gasteiger partial charge < -0.3 is 24.0 Å². The highest BCUT2D eigenvalue weighted by Crippen LogP contribution is 2.43. The molecule has 0 saturated heterocycles. The summed E-state index contributed by atoms with van der Waals surface area (Å²) >= 11 is 0. The number of carbonyl (C=O) groups is 2. The summed E-state index contributed by atoms with van der Waals surface area (Å²) in [6, 6.07) is 0. The molecule has 2 N–H and O–H groups in total. The van der Waals surface area contributed by atoms with Crippen molar-refractivity contribution in [2.45, 2.75) is 135 Å². The van der Waals surface area contributed by atoms with Crippen molar-refractivity contribution in [3.05, 3.63) is 97.2 Å². The smallest absolute Gasteiger partial charge is 0.462 e. The summed E-state index contributed by atoms with van der Waals surface area (Å²) in [5, 5.41) is 10.1. The van der Waals surface area contributed by atoms with E-state index >= 15 is 0 Å². The minimum atomic E-state index is -4.42. The van der Waals surface area contributed by atoms with Gasteiger partial charge in [0.05, 0.1) is 33.9 Å². The van der Waals surface area contributed by atoms with Crippen molar-refractivity contribution < 1.29 is 47.2 Å². The number of rotatable bonds is 36. The van der Waals surface area contributed by atoms with Crippen LogP contribution in [0.1, 0.15) is 123 Å². The molecule has 2 unspecified atom stereocenters. The van der Waals surface area contributed by atoms with E-state index in [0.29, 0.717) is 36.7 Å². The molecule has 57 heavy (non-hydrogen) atoms. The Bertz CT molecular complexity index is 1310. The van der Waals surface area contributed by atoms with E-state index in [4.69, 9.17) is 18.5 Å². The standard InChI is InChI=1S/C46H76NO9P/c1-6-8-10-12-14-16-17-18-19-20-21-23-25-29-34-38-46(50)56-44(42-55-57(51,52)54-40-39-47(3,4)5)41-53-45(49)37-33-30-26-28-32-36-43(48)35-31-27-24-22-15-13-11-9-7-2/h8,10,14-16,18-19,21-23,26-28,31-32,36,43-44,48H,6-7,9,11-13,17,20,24-25,29-30,33-35,37-42H2,1-5H3/p+1/b10-8-,16-14-,19-18-,22-15-,23-21-,28-26+,31-27-,36-32-/t43?,44-/m1/s1. The van der Waals surface area contributed by atoms with Crippen molar-refractivity contribution in [2.75, 3.05) is 47.5 Å². The molecule has 0 amide bonds. The van der Waals surface area contributed by atoms with Gasteiger partial charge in [0.25, 0.3) is 0 Å². The topological polar surface area (TPSA) is 129 Å². The van der Waals surface area contributed by atoms with Gasteiger partial charge in [0.1, 0.15) is 19.8 Å². The lowest BCUT2D eigenvalue weighted by atomic mass is 10.2. The minimum absolute atomic E-state index is 0.00444. The van der Waals surface area contributed by atoms with Gasteiger partial charge in [0.2, 0.25) is 0 Å². The molecule has 3 atom stereocenters. The molecule has 0 aliphatic rings. The first-order valence-corrected chi connectivity index (χ1v) is 22.6. The van der Waals surface area contributed by atoms with Crippen molar-refractivity contribution >= 4 is 19.8 Å². The van der Waals surface area contributed by atoms with Gasteiger partial charge >= 0.3 is 19.8 Å². The summed E-state index contributed by atoms with van der Waals surface area (Å²) in [5.74, 6) is -0.990. The van der Waals surface area contributed by atoms with Crippen LogP contribution in [-0.2, 0) is 32.7 Å². The van der Waals surface area contributed by atoms with Gasteiger partial charge in [0.15, 0.2) is 6.10 Å². The summed E-state index contributed by atoms with van der Waals surface area (Å²) in [5.41, 5.74) is 0. The first-order valence-electron chi connectivity index (χ1n) is 21.1. The number of likely N-dealkylation sites (N-methyl/N-ethyl adjacent to an activating group) is 1. The molecule has 0 rings (SSSR count). The largest absolute Gasteiger partial charge is 0.472 e. The Hall–Kier alpha value is -3.11. The number of esters is 2. The van der Waals surface area contributed by atoms with Crippen molar-refractivity contribution in [3.8, 4) is 0 Å². The van der Waals surface area contributed by atoms with E-state index in [0.717, 1.165) is 51.4 Å². The first kappa shape index (κ1) is 53.9. The summed E-state index contributed by atoms with van der Waals surface area (Å²) < 4.78 is 34.1. The molecular weight excluding hydrogens is 741 g/mol. The van der Waals surface area contributed by atoms with Gasteiger partial charge in [-0.1, -0.05) is 124 Å². The number of phosphoric ester groups is 1. The van der Waals surface area contributed by atoms with Crippen molar-refractivity contribution in [1.82, 2.24) is 0 Å². The number of nitrogens with zero attached hydrogens (tertiary/aromatic N) is 1. The maximum Gasteiger partial charge on any atom is 0.472 e. The normalized spacial score (nSPS) is 15.1. The average Bonchev–Trinajstić information content (AvgIpc) is 3.15. The number of hydrogen-bond acceptors (Lipinski definition) is 8. The molecule has 0 fully saturated rings. The Kier molecular flexibility index (Phi) is 35.2. The monoisotopic (exact) mass is 819 g/mol. The predicted octanol–water partition coefficient (Wildman–Crippen LogP) is 10.8. The van der Waals surface area contributed by atoms with Gasteiger partial charge in [-0.3, -0.25) is 18.6 Å². The SMILES string of the molecule is CC/C=C\C/C=C\C/C=C\C/C=C\CCCCC(=O)O[C@H](COC(=O)CCC/C=C/C=C\C(O)C/C=C\C/C=C\CCCCC)COP(=O)(O)OCC[N+](C)(C)C. The van der Waals surface area contributed by atoms with Gasteiger partial charge in [-0.15, -0.1) is 0 Å². The Morgan fingerprint density at radius 3 is 1.82 bits per heavy atom. The molecule has 0 heterocycles. The van der Waals surface area contributed by atoms with Crippen LogP contribution in [0.2, 0.25) is 0 Å². The summed E-state index contributed by atoms with van der Waals surface area (Å²) in [6.07, 6.45) is 44.9. The van der Waals surface area contributed by atoms with E-state index < -0.39 is 38.6 Å². The van der Waals surface area contributed by atoms with Crippen LogP contribution >= 0.6 is 7.82 Å². The number of ether oxygens (including phenoxy) is 2. The molecule has 0 aromatic carbocycles. The second kappa shape index (κ2) is 37.2. The Morgan fingerprint density at radius 2 is 1.21 bits per heavy atom. The molecule has 11 heteroatoms. The van der Waals surface area contributed by atoms with Crippen LogP contribution in [0.3, 0.4) is 0 Å². The third kappa shape index (κ3) is 40.9. The van der Waals surface area contributed by atoms with Crippen LogP contribution < -0.4 is 0 Å². The van der Waals surface area contributed by atoms with Gasteiger partial charge in [-0.2, -0.15) is 0 Å². The minimum Gasteiger partial charge on any atom is -0.462 e. The van der Waals surface area contributed by atoms with Gasteiger partial charge in [0, 0.05) is 12.8 Å². The van der Waals surface area contributed by atoms with Crippen LogP contribution in [0.5, 0.6) is 0 Å². The van der Waals surface area contributed by atoms with Crippen molar-refractivity contribution in [3.63, 3.8) is 0 Å². The van der Waals surface area contributed by atoms with E-state index in [1.54, 1.807) is 12.2 Å². The Morgan fingerprint density at radius 1 is 0.649 bits per heavy atom. The molecule has 0 radical (unpaired) electrons. The number of unbranched alkanes of at least 4 members (excludes halogenated alkanes) is 6. The quantitative estimate of drug-likeness (QED) is 0.0159. The second-order valence-corrected chi connectivity index (χ2v) is 16.3. The number of aliphatic hydroxyl groups excluding tert-OH is 1. The van der Waals surface area contributed by atoms with Crippen LogP contribution in [-0.4, -0.2) is 86.1 Å². The fraction of sp³-hybridized carbons (Fsp3) is 0.609. The second-order valence-electron chi connectivity index (χ2n) is 14.8. The molecule has 0 saturated carbocycles. The molecule has 0 spiro atoms. The number of quaternary nitrogens is 1.